The molecule has 0 saturated heterocycles. The monoisotopic (exact) mass is 264 g/mol. The zero-order chi connectivity index (χ0) is 10.5. The van der Waals surface area contributed by atoms with Gasteiger partial charge in [0.15, 0.2) is 0 Å². The average molecular weight is 265 g/mol. The smallest absolute Gasteiger partial charge is 0.149 e. The molecule has 4 heteroatoms. The molecular formula is C11H9BrN2O. The fraction of sp³-hybridized carbons (Fsp3) is 0.0909. The molecule has 0 aliphatic rings. The Hall–Kier alpha value is -1.42. The molecule has 0 amide bonds. The van der Waals surface area contributed by atoms with Gasteiger partial charge in [0.1, 0.15) is 11.5 Å². The summed E-state index contributed by atoms with van der Waals surface area (Å²) in [5, 5.41) is 0.675. The first-order valence-electron chi connectivity index (χ1n) is 4.48. The lowest BCUT2D eigenvalue weighted by Gasteiger charge is -2.07. The van der Waals surface area contributed by atoms with Crippen molar-refractivity contribution in [3.05, 3.63) is 48.5 Å². The highest BCUT2D eigenvalue weighted by atomic mass is 79.9. The molecule has 2 aromatic rings. The van der Waals surface area contributed by atoms with Crippen molar-refractivity contribution in [1.82, 2.24) is 9.97 Å². The maximum Gasteiger partial charge on any atom is 0.149 e. The second-order valence-electron chi connectivity index (χ2n) is 2.87. The molecule has 0 bridgehead atoms. The lowest BCUT2D eigenvalue weighted by Crippen LogP contribution is -1.91. The molecule has 15 heavy (non-hydrogen) atoms. The zero-order valence-electron chi connectivity index (χ0n) is 7.93. The first kappa shape index (κ1) is 10.1. The molecule has 0 aromatic carbocycles. The lowest BCUT2D eigenvalue weighted by atomic mass is 10.3. The summed E-state index contributed by atoms with van der Waals surface area (Å²) < 4.78 is 5.67. The van der Waals surface area contributed by atoms with Crippen LogP contribution in [0.1, 0.15) is 5.69 Å². The lowest BCUT2D eigenvalue weighted by molar-refractivity contribution is 0.474. The molecule has 0 fully saturated rings. The highest BCUT2D eigenvalue weighted by molar-refractivity contribution is 9.08. The summed E-state index contributed by atoms with van der Waals surface area (Å²) >= 11 is 3.37. The molecule has 2 rings (SSSR count). The molecule has 3 nitrogen and oxygen atoms in total. The van der Waals surface area contributed by atoms with E-state index >= 15 is 0 Å². The van der Waals surface area contributed by atoms with Gasteiger partial charge in [-0.3, -0.25) is 9.97 Å². The van der Waals surface area contributed by atoms with Crippen LogP contribution in [0.5, 0.6) is 11.5 Å². The highest BCUT2D eigenvalue weighted by Gasteiger charge is 2.03. The summed E-state index contributed by atoms with van der Waals surface area (Å²) in [7, 11) is 0. The third-order valence-corrected chi connectivity index (χ3v) is 2.38. The number of hydrogen-bond donors (Lipinski definition) is 0. The predicted octanol–water partition coefficient (Wildman–Crippen LogP) is 3.16. The summed E-state index contributed by atoms with van der Waals surface area (Å²) in [6.07, 6.45) is 5.13. The molecular weight excluding hydrogens is 256 g/mol. The molecule has 76 valence electrons. The maximum absolute atomic E-state index is 5.67. The van der Waals surface area contributed by atoms with Gasteiger partial charge >= 0.3 is 0 Å². The topological polar surface area (TPSA) is 35.0 Å². The van der Waals surface area contributed by atoms with Crippen molar-refractivity contribution in [3.8, 4) is 11.5 Å². The minimum absolute atomic E-state index is 0.675. The number of rotatable bonds is 3. The van der Waals surface area contributed by atoms with Crippen molar-refractivity contribution >= 4 is 15.9 Å². The molecule has 2 heterocycles. The Balaban J connectivity index is 2.24. The van der Waals surface area contributed by atoms with E-state index in [9.17, 15) is 0 Å². The average Bonchev–Trinajstić information content (AvgIpc) is 2.31. The minimum Gasteiger partial charge on any atom is -0.455 e. The largest absolute Gasteiger partial charge is 0.455 e. The normalized spacial score (nSPS) is 9.93. The van der Waals surface area contributed by atoms with E-state index in [1.54, 1.807) is 18.6 Å². The minimum atomic E-state index is 0.675. The summed E-state index contributed by atoms with van der Waals surface area (Å²) in [4.78, 5) is 8.13. The second kappa shape index (κ2) is 4.89. The Morgan fingerprint density at radius 3 is 2.67 bits per heavy atom. The van der Waals surface area contributed by atoms with Crippen molar-refractivity contribution in [2.24, 2.45) is 0 Å². The molecule has 0 atom stereocenters. The summed E-state index contributed by atoms with van der Waals surface area (Å²) in [6.45, 7) is 0. The van der Waals surface area contributed by atoms with Gasteiger partial charge in [0.25, 0.3) is 0 Å². The van der Waals surface area contributed by atoms with Gasteiger partial charge in [-0.2, -0.15) is 0 Å². The Morgan fingerprint density at radius 2 is 1.93 bits per heavy atom. The van der Waals surface area contributed by atoms with Crippen molar-refractivity contribution in [2.45, 2.75) is 5.33 Å². The maximum atomic E-state index is 5.67. The third-order valence-electron chi connectivity index (χ3n) is 1.85. The van der Waals surface area contributed by atoms with Crippen LogP contribution >= 0.6 is 15.9 Å². The summed E-state index contributed by atoms with van der Waals surface area (Å²) in [5.41, 5.74) is 0.884. The van der Waals surface area contributed by atoms with Crippen LogP contribution < -0.4 is 4.74 Å². The van der Waals surface area contributed by atoms with Crippen molar-refractivity contribution in [1.29, 1.82) is 0 Å². The second-order valence-corrected chi connectivity index (χ2v) is 3.43. The van der Waals surface area contributed by atoms with Gasteiger partial charge in [0.05, 0.1) is 5.69 Å². The fourth-order valence-corrected chi connectivity index (χ4v) is 1.57. The van der Waals surface area contributed by atoms with Crippen LogP contribution in [-0.2, 0) is 5.33 Å². The Bertz CT molecular complexity index is 434. The van der Waals surface area contributed by atoms with Crippen molar-refractivity contribution < 1.29 is 4.74 Å². The number of nitrogens with zero attached hydrogens (tertiary/aromatic N) is 2. The molecule has 0 aliphatic heterocycles. The Labute approximate surface area is 96.3 Å². The van der Waals surface area contributed by atoms with Crippen LogP contribution in [0.2, 0.25) is 0 Å². The molecule has 0 N–H and O–H groups in total. The number of hydrogen-bond acceptors (Lipinski definition) is 3. The van der Waals surface area contributed by atoms with E-state index in [0.717, 1.165) is 17.2 Å². The summed E-state index contributed by atoms with van der Waals surface area (Å²) in [6, 6.07) is 7.36. The number of alkyl halides is 1. The summed E-state index contributed by atoms with van der Waals surface area (Å²) in [5.74, 6) is 1.53. The Morgan fingerprint density at radius 1 is 1.13 bits per heavy atom. The SMILES string of the molecule is BrCc1ncccc1Oc1ccncc1. The quantitative estimate of drug-likeness (QED) is 0.799. The van der Waals surface area contributed by atoms with E-state index in [-0.39, 0.29) is 0 Å². The zero-order valence-corrected chi connectivity index (χ0v) is 9.52. The van der Waals surface area contributed by atoms with Crippen LogP contribution in [-0.4, -0.2) is 9.97 Å². The van der Waals surface area contributed by atoms with E-state index < -0.39 is 0 Å². The molecule has 0 saturated carbocycles. The molecule has 0 radical (unpaired) electrons. The van der Waals surface area contributed by atoms with Crippen LogP contribution in [0.4, 0.5) is 0 Å². The molecule has 0 unspecified atom stereocenters. The number of aromatic nitrogens is 2. The first-order valence-corrected chi connectivity index (χ1v) is 5.60. The van der Waals surface area contributed by atoms with Gasteiger partial charge in [-0.05, 0) is 24.3 Å². The van der Waals surface area contributed by atoms with E-state index in [2.05, 4.69) is 25.9 Å². The standard InChI is InChI=1S/C11H9BrN2O/c12-8-10-11(2-1-5-14-10)15-9-3-6-13-7-4-9/h1-7H,8H2. The predicted molar refractivity (Wildman–Crippen MR) is 61.2 cm³/mol. The third kappa shape index (κ3) is 2.53. The van der Waals surface area contributed by atoms with Crippen LogP contribution in [0, 0.1) is 0 Å². The first-order chi connectivity index (χ1) is 7.40. The van der Waals surface area contributed by atoms with Crippen molar-refractivity contribution in [3.63, 3.8) is 0 Å². The van der Waals surface area contributed by atoms with Gasteiger partial charge < -0.3 is 4.74 Å². The van der Waals surface area contributed by atoms with Crippen LogP contribution in [0.15, 0.2) is 42.9 Å². The van der Waals surface area contributed by atoms with Gasteiger partial charge in [0.2, 0.25) is 0 Å². The van der Waals surface area contributed by atoms with E-state index in [0.29, 0.717) is 5.33 Å². The van der Waals surface area contributed by atoms with Gasteiger partial charge in [-0.1, -0.05) is 15.9 Å². The van der Waals surface area contributed by atoms with Gasteiger partial charge in [0, 0.05) is 23.9 Å². The molecule has 0 spiro atoms. The number of pyridine rings is 2. The van der Waals surface area contributed by atoms with Gasteiger partial charge in [-0.15, -0.1) is 0 Å². The van der Waals surface area contributed by atoms with Crippen molar-refractivity contribution in [2.75, 3.05) is 0 Å². The van der Waals surface area contributed by atoms with Crippen LogP contribution in [0.25, 0.3) is 0 Å². The van der Waals surface area contributed by atoms with E-state index in [1.165, 1.54) is 0 Å². The number of halogens is 1. The molecule has 2 aromatic heterocycles. The van der Waals surface area contributed by atoms with E-state index in [4.69, 9.17) is 4.74 Å². The Kier molecular flexibility index (Phi) is 3.29. The van der Waals surface area contributed by atoms with Gasteiger partial charge in [-0.25, -0.2) is 0 Å². The fourth-order valence-electron chi connectivity index (χ4n) is 1.15. The molecule has 0 aliphatic carbocycles. The number of ether oxygens (including phenoxy) is 1. The van der Waals surface area contributed by atoms with Crippen LogP contribution in [0.3, 0.4) is 0 Å². The van der Waals surface area contributed by atoms with E-state index in [1.807, 2.05) is 24.3 Å². The highest BCUT2D eigenvalue weighted by Crippen LogP contribution is 2.24.